The Morgan fingerprint density at radius 2 is 2.04 bits per heavy atom. The molecule has 0 spiro atoms. The van der Waals surface area contributed by atoms with Gasteiger partial charge in [0.2, 0.25) is 0 Å². The molecule has 2 aromatic heterocycles. The van der Waals surface area contributed by atoms with Crippen molar-refractivity contribution < 1.29 is 18.3 Å². The molecule has 0 radical (unpaired) electrons. The van der Waals surface area contributed by atoms with E-state index in [1.54, 1.807) is 36.0 Å². The molecule has 0 saturated heterocycles. The predicted octanol–water partition coefficient (Wildman–Crippen LogP) is 3.63. The standard InChI is InChI=1S/C17H16FN3O3S/c1-3-23-15(22)10-25-17-20-19-16(14-8-9-24-11(14)2)21(17)13-6-4-12(18)5-7-13/h4-9H,3,10H2,1-2H3. The van der Waals surface area contributed by atoms with Gasteiger partial charge in [0, 0.05) is 5.69 Å². The number of aryl methyl sites for hydroxylation is 1. The molecule has 0 N–H and O–H groups in total. The number of hydrogen-bond acceptors (Lipinski definition) is 6. The Morgan fingerprint density at radius 3 is 2.68 bits per heavy atom. The molecule has 25 heavy (non-hydrogen) atoms. The van der Waals surface area contributed by atoms with Crippen LogP contribution in [0.4, 0.5) is 4.39 Å². The van der Waals surface area contributed by atoms with Gasteiger partial charge in [-0.2, -0.15) is 0 Å². The van der Waals surface area contributed by atoms with Crippen LogP contribution in [0.3, 0.4) is 0 Å². The molecule has 3 aromatic rings. The first-order valence-electron chi connectivity index (χ1n) is 7.64. The minimum atomic E-state index is -0.335. The van der Waals surface area contributed by atoms with E-state index in [9.17, 15) is 9.18 Å². The third kappa shape index (κ3) is 3.74. The third-order valence-corrected chi connectivity index (χ3v) is 4.34. The number of furan rings is 1. The van der Waals surface area contributed by atoms with E-state index < -0.39 is 0 Å². The van der Waals surface area contributed by atoms with Gasteiger partial charge in [-0.15, -0.1) is 10.2 Å². The second kappa shape index (κ2) is 7.52. The summed E-state index contributed by atoms with van der Waals surface area (Å²) in [4.78, 5) is 11.6. The van der Waals surface area contributed by atoms with E-state index in [-0.39, 0.29) is 17.5 Å². The van der Waals surface area contributed by atoms with Crippen LogP contribution in [0, 0.1) is 12.7 Å². The van der Waals surface area contributed by atoms with Gasteiger partial charge in [-0.3, -0.25) is 9.36 Å². The van der Waals surface area contributed by atoms with Gasteiger partial charge in [-0.1, -0.05) is 11.8 Å². The molecule has 0 amide bonds. The second-order valence-corrected chi connectivity index (χ2v) is 6.04. The Hall–Kier alpha value is -2.61. The third-order valence-electron chi connectivity index (χ3n) is 3.44. The van der Waals surface area contributed by atoms with Crippen molar-refractivity contribution in [1.29, 1.82) is 0 Å². The lowest BCUT2D eigenvalue weighted by Crippen LogP contribution is -2.08. The molecule has 3 rings (SSSR count). The van der Waals surface area contributed by atoms with E-state index in [0.717, 1.165) is 5.56 Å². The molecule has 0 unspecified atom stereocenters. The summed E-state index contributed by atoms with van der Waals surface area (Å²) in [5, 5.41) is 8.91. The van der Waals surface area contributed by atoms with Crippen molar-refractivity contribution in [2.45, 2.75) is 19.0 Å². The van der Waals surface area contributed by atoms with Crippen LogP contribution in [-0.2, 0) is 9.53 Å². The Bertz CT molecular complexity index is 874. The number of carbonyl (C=O) groups is 1. The second-order valence-electron chi connectivity index (χ2n) is 5.10. The molecule has 0 bridgehead atoms. The smallest absolute Gasteiger partial charge is 0.316 e. The molecule has 0 aliphatic carbocycles. The summed E-state index contributed by atoms with van der Waals surface area (Å²) in [5.41, 5.74) is 1.47. The van der Waals surface area contributed by atoms with E-state index in [1.807, 2.05) is 6.92 Å². The van der Waals surface area contributed by atoms with Gasteiger partial charge >= 0.3 is 5.97 Å². The van der Waals surface area contributed by atoms with E-state index >= 15 is 0 Å². The van der Waals surface area contributed by atoms with Crippen molar-refractivity contribution in [1.82, 2.24) is 14.8 Å². The lowest BCUT2D eigenvalue weighted by Gasteiger charge is -2.09. The highest BCUT2D eigenvalue weighted by atomic mass is 32.2. The summed E-state index contributed by atoms with van der Waals surface area (Å²) in [5.74, 6) is 0.695. The summed E-state index contributed by atoms with van der Waals surface area (Å²) < 4.78 is 25.3. The first-order chi connectivity index (χ1) is 12.1. The summed E-state index contributed by atoms with van der Waals surface area (Å²) in [6.45, 7) is 3.90. The zero-order chi connectivity index (χ0) is 17.8. The van der Waals surface area contributed by atoms with E-state index in [4.69, 9.17) is 9.15 Å². The van der Waals surface area contributed by atoms with Gasteiger partial charge in [0.05, 0.1) is 24.2 Å². The molecule has 0 fully saturated rings. The topological polar surface area (TPSA) is 70.2 Å². The molecule has 8 heteroatoms. The van der Waals surface area contributed by atoms with Gasteiger partial charge in [0.25, 0.3) is 0 Å². The Balaban J connectivity index is 2.01. The Kier molecular flexibility index (Phi) is 5.18. The first-order valence-corrected chi connectivity index (χ1v) is 8.63. The minimum absolute atomic E-state index is 0.109. The number of hydrogen-bond donors (Lipinski definition) is 0. The van der Waals surface area contributed by atoms with Crippen LogP contribution >= 0.6 is 11.8 Å². The average Bonchev–Trinajstić information content (AvgIpc) is 3.20. The average molecular weight is 361 g/mol. The fourth-order valence-electron chi connectivity index (χ4n) is 2.30. The maximum Gasteiger partial charge on any atom is 0.316 e. The molecule has 0 saturated carbocycles. The highest BCUT2D eigenvalue weighted by Crippen LogP contribution is 2.30. The molecule has 1 aromatic carbocycles. The predicted molar refractivity (Wildman–Crippen MR) is 91.1 cm³/mol. The van der Waals surface area contributed by atoms with Crippen LogP contribution in [0.5, 0.6) is 0 Å². The fourth-order valence-corrected chi connectivity index (χ4v) is 3.05. The maximum absolute atomic E-state index is 13.3. The van der Waals surface area contributed by atoms with Gasteiger partial charge in [0.1, 0.15) is 11.6 Å². The summed E-state index contributed by atoms with van der Waals surface area (Å²) >= 11 is 1.21. The normalized spacial score (nSPS) is 10.8. The van der Waals surface area contributed by atoms with Crippen LogP contribution in [0.1, 0.15) is 12.7 Å². The van der Waals surface area contributed by atoms with Crippen molar-refractivity contribution >= 4 is 17.7 Å². The number of benzene rings is 1. The lowest BCUT2D eigenvalue weighted by atomic mass is 10.2. The number of ether oxygens (including phenoxy) is 1. The zero-order valence-electron chi connectivity index (χ0n) is 13.7. The quantitative estimate of drug-likeness (QED) is 0.493. The van der Waals surface area contributed by atoms with Gasteiger partial charge in [-0.05, 0) is 44.2 Å². The van der Waals surface area contributed by atoms with Gasteiger partial charge < -0.3 is 9.15 Å². The molecule has 130 valence electrons. The van der Waals surface area contributed by atoms with Crippen molar-refractivity contribution in [3.05, 3.63) is 48.2 Å². The maximum atomic E-state index is 13.3. The minimum Gasteiger partial charge on any atom is -0.469 e. The van der Waals surface area contributed by atoms with Crippen molar-refractivity contribution in [3.63, 3.8) is 0 Å². The van der Waals surface area contributed by atoms with Crippen LogP contribution in [0.2, 0.25) is 0 Å². The zero-order valence-corrected chi connectivity index (χ0v) is 14.5. The largest absolute Gasteiger partial charge is 0.469 e. The molecule has 0 aliphatic heterocycles. The van der Waals surface area contributed by atoms with Crippen LogP contribution in [0.15, 0.2) is 46.2 Å². The number of esters is 1. The molecular weight excluding hydrogens is 345 g/mol. The number of carbonyl (C=O) groups excluding carboxylic acids is 1. The number of nitrogens with zero attached hydrogens (tertiary/aromatic N) is 3. The Labute approximate surface area is 148 Å². The molecule has 0 aliphatic rings. The lowest BCUT2D eigenvalue weighted by molar-refractivity contribution is -0.139. The molecule has 2 heterocycles. The number of rotatable bonds is 6. The van der Waals surface area contributed by atoms with Crippen LogP contribution in [0.25, 0.3) is 17.1 Å². The summed E-state index contributed by atoms with van der Waals surface area (Å²) in [7, 11) is 0. The molecule has 6 nitrogen and oxygen atoms in total. The van der Waals surface area contributed by atoms with Gasteiger partial charge in [0.15, 0.2) is 11.0 Å². The summed E-state index contributed by atoms with van der Waals surface area (Å²) in [6, 6.07) is 7.78. The van der Waals surface area contributed by atoms with E-state index in [2.05, 4.69) is 10.2 Å². The SMILES string of the molecule is CCOC(=O)CSc1nnc(-c2ccoc2C)n1-c1ccc(F)cc1. The van der Waals surface area contributed by atoms with Crippen molar-refractivity contribution in [2.24, 2.45) is 0 Å². The highest BCUT2D eigenvalue weighted by Gasteiger charge is 2.20. The van der Waals surface area contributed by atoms with Crippen molar-refractivity contribution in [2.75, 3.05) is 12.4 Å². The highest BCUT2D eigenvalue weighted by molar-refractivity contribution is 7.99. The van der Waals surface area contributed by atoms with Gasteiger partial charge in [-0.25, -0.2) is 4.39 Å². The molecular formula is C17H16FN3O3S. The van der Waals surface area contributed by atoms with Crippen LogP contribution in [-0.4, -0.2) is 33.1 Å². The summed E-state index contributed by atoms with van der Waals surface area (Å²) in [6.07, 6.45) is 1.57. The number of halogens is 1. The van der Waals surface area contributed by atoms with Crippen LogP contribution < -0.4 is 0 Å². The first kappa shape index (κ1) is 17.2. The van der Waals surface area contributed by atoms with Crippen molar-refractivity contribution in [3.8, 4) is 17.1 Å². The molecule has 0 atom stereocenters. The fraction of sp³-hybridized carbons (Fsp3) is 0.235. The number of aromatic nitrogens is 3. The monoisotopic (exact) mass is 361 g/mol. The van der Waals surface area contributed by atoms with E-state index in [0.29, 0.717) is 29.0 Å². The number of thioether (sulfide) groups is 1. The van der Waals surface area contributed by atoms with E-state index in [1.165, 1.54) is 23.9 Å². The Morgan fingerprint density at radius 1 is 1.28 bits per heavy atom.